The fraction of sp³-hybridized carbons (Fsp3) is 0.400. The molecule has 0 spiro atoms. The molecule has 3 rings (SSSR count). The van der Waals surface area contributed by atoms with E-state index < -0.39 is 6.10 Å². The predicted molar refractivity (Wildman–Crippen MR) is 92.5 cm³/mol. The molecule has 122 valence electrons. The summed E-state index contributed by atoms with van der Waals surface area (Å²) in [6.07, 6.45) is 5.41. The Kier molecular flexibility index (Phi) is 5.31. The maximum absolute atomic E-state index is 10.5. The van der Waals surface area contributed by atoms with Crippen LogP contribution in [-0.2, 0) is 0 Å². The highest BCUT2D eigenvalue weighted by molar-refractivity contribution is 5.34. The first kappa shape index (κ1) is 16.0. The lowest BCUT2D eigenvalue weighted by Crippen LogP contribution is -2.34. The number of nitrogens with two attached hydrogens (primary N) is 1. The summed E-state index contributed by atoms with van der Waals surface area (Å²) < 4.78 is 5.79. The van der Waals surface area contributed by atoms with E-state index in [9.17, 15) is 5.11 Å². The topological polar surface area (TPSA) is 55.5 Å². The van der Waals surface area contributed by atoms with Gasteiger partial charge in [0.2, 0.25) is 0 Å². The number of ether oxygens (including phenoxy) is 1. The Morgan fingerprint density at radius 3 is 2.13 bits per heavy atom. The monoisotopic (exact) mass is 311 g/mol. The summed E-state index contributed by atoms with van der Waals surface area (Å²) in [7, 11) is 0. The standard InChI is InChI=1S/C20H25NO2/c21-19(20(22)16-7-3-1-4-8-16)15-11-13-18(14-12-15)23-17-9-5-2-6-10-17/h2,5-6,9-14,16,19-20,22H,1,3-4,7-8,21H2/t19-,20+/m0/s1. The molecule has 3 N–H and O–H groups in total. The second-order valence-electron chi connectivity index (χ2n) is 6.40. The van der Waals surface area contributed by atoms with Crippen molar-refractivity contribution in [1.29, 1.82) is 0 Å². The van der Waals surface area contributed by atoms with Crippen molar-refractivity contribution < 1.29 is 9.84 Å². The van der Waals surface area contributed by atoms with Crippen molar-refractivity contribution in [3.05, 3.63) is 60.2 Å². The Morgan fingerprint density at radius 1 is 0.870 bits per heavy atom. The van der Waals surface area contributed by atoms with Gasteiger partial charge in [0.05, 0.1) is 12.1 Å². The molecular formula is C20H25NO2. The molecule has 0 saturated heterocycles. The van der Waals surface area contributed by atoms with Gasteiger partial charge in [-0.15, -0.1) is 0 Å². The summed E-state index contributed by atoms with van der Waals surface area (Å²) in [6, 6.07) is 17.1. The average Bonchev–Trinajstić information content (AvgIpc) is 2.63. The highest BCUT2D eigenvalue weighted by atomic mass is 16.5. The summed E-state index contributed by atoms with van der Waals surface area (Å²) in [4.78, 5) is 0. The number of aliphatic hydroxyl groups excluding tert-OH is 1. The molecule has 2 atom stereocenters. The highest BCUT2D eigenvalue weighted by Crippen LogP contribution is 2.32. The van der Waals surface area contributed by atoms with Crippen molar-refractivity contribution in [3.8, 4) is 11.5 Å². The molecule has 0 radical (unpaired) electrons. The Labute approximate surface area is 138 Å². The first-order valence-corrected chi connectivity index (χ1v) is 8.50. The number of hydrogen-bond acceptors (Lipinski definition) is 3. The lowest BCUT2D eigenvalue weighted by molar-refractivity contribution is 0.0618. The number of para-hydroxylation sites is 1. The summed E-state index contributed by atoms with van der Waals surface area (Å²) >= 11 is 0. The van der Waals surface area contributed by atoms with Crippen LogP contribution in [0, 0.1) is 5.92 Å². The van der Waals surface area contributed by atoms with Crippen molar-refractivity contribution >= 4 is 0 Å². The zero-order valence-electron chi connectivity index (χ0n) is 13.4. The first-order chi connectivity index (χ1) is 11.2. The smallest absolute Gasteiger partial charge is 0.127 e. The van der Waals surface area contributed by atoms with Crippen LogP contribution in [-0.4, -0.2) is 11.2 Å². The highest BCUT2D eigenvalue weighted by Gasteiger charge is 2.27. The summed E-state index contributed by atoms with van der Waals surface area (Å²) in [5, 5.41) is 10.5. The Morgan fingerprint density at radius 2 is 1.48 bits per heavy atom. The van der Waals surface area contributed by atoms with Gasteiger partial charge in [-0.1, -0.05) is 49.6 Å². The van der Waals surface area contributed by atoms with E-state index in [1.165, 1.54) is 19.3 Å². The number of rotatable bonds is 5. The maximum Gasteiger partial charge on any atom is 0.127 e. The van der Waals surface area contributed by atoms with Crippen LogP contribution in [0.25, 0.3) is 0 Å². The van der Waals surface area contributed by atoms with Gasteiger partial charge in [-0.2, -0.15) is 0 Å². The van der Waals surface area contributed by atoms with Gasteiger partial charge >= 0.3 is 0 Å². The predicted octanol–water partition coefficient (Wildman–Crippen LogP) is 4.42. The van der Waals surface area contributed by atoms with E-state index in [2.05, 4.69) is 0 Å². The van der Waals surface area contributed by atoms with Crippen LogP contribution in [0.1, 0.15) is 43.7 Å². The average molecular weight is 311 g/mol. The second kappa shape index (κ2) is 7.62. The molecule has 0 unspecified atom stereocenters. The molecular weight excluding hydrogens is 286 g/mol. The lowest BCUT2D eigenvalue weighted by atomic mass is 9.81. The van der Waals surface area contributed by atoms with E-state index in [4.69, 9.17) is 10.5 Å². The molecule has 0 heterocycles. The van der Waals surface area contributed by atoms with E-state index in [0.717, 1.165) is 29.9 Å². The third-order valence-corrected chi connectivity index (χ3v) is 4.74. The first-order valence-electron chi connectivity index (χ1n) is 8.50. The number of aliphatic hydroxyl groups is 1. The molecule has 0 aromatic heterocycles. The minimum absolute atomic E-state index is 0.330. The maximum atomic E-state index is 10.5. The third kappa shape index (κ3) is 4.12. The molecule has 2 aromatic rings. The summed E-state index contributed by atoms with van der Waals surface area (Å²) in [5.74, 6) is 1.92. The molecule has 1 fully saturated rings. The van der Waals surface area contributed by atoms with Gasteiger partial charge in [-0.05, 0) is 48.6 Å². The van der Waals surface area contributed by atoms with Crippen LogP contribution < -0.4 is 10.5 Å². The summed E-state index contributed by atoms with van der Waals surface area (Å²) in [6.45, 7) is 0. The van der Waals surface area contributed by atoms with Gasteiger partial charge in [0, 0.05) is 0 Å². The van der Waals surface area contributed by atoms with E-state index in [-0.39, 0.29) is 6.04 Å². The molecule has 23 heavy (non-hydrogen) atoms. The van der Waals surface area contributed by atoms with Crippen LogP contribution in [0.15, 0.2) is 54.6 Å². The Bertz CT molecular complexity index is 591. The molecule has 3 heteroatoms. The van der Waals surface area contributed by atoms with Gasteiger partial charge in [0.1, 0.15) is 11.5 Å². The molecule has 0 amide bonds. The van der Waals surface area contributed by atoms with E-state index in [1.54, 1.807) is 0 Å². The van der Waals surface area contributed by atoms with Crippen LogP contribution in [0.4, 0.5) is 0 Å². The molecule has 2 aromatic carbocycles. The molecule has 1 aliphatic rings. The van der Waals surface area contributed by atoms with Gasteiger partial charge in [-0.25, -0.2) is 0 Å². The normalized spacial score (nSPS) is 18.3. The lowest BCUT2D eigenvalue weighted by Gasteiger charge is -2.30. The van der Waals surface area contributed by atoms with Crippen LogP contribution in [0.3, 0.4) is 0 Å². The van der Waals surface area contributed by atoms with E-state index in [1.807, 2.05) is 54.6 Å². The quantitative estimate of drug-likeness (QED) is 0.859. The number of benzene rings is 2. The van der Waals surface area contributed by atoms with Gasteiger partial charge in [0.25, 0.3) is 0 Å². The summed E-state index contributed by atoms with van der Waals surface area (Å²) in [5.41, 5.74) is 7.24. The van der Waals surface area contributed by atoms with Crippen molar-refractivity contribution in [3.63, 3.8) is 0 Å². The Balaban J connectivity index is 1.64. The fourth-order valence-electron chi connectivity index (χ4n) is 3.35. The molecule has 1 aliphatic carbocycles. The van der Waals surface area contributed by atoms with Crippen LogP contribution in [0.2, 0.25) is 0 Å². The third-order valence-electron chi connectivity index (χ3n) is 4.74. The number of hydrogen-bond donors (Lipinski definition) is 2. The minimum atomic E-state index is -0.462. The largest absolute Gasteiger partial charge is 0.457 e. The zero-order chi connectivity index (χ0) is 16.1. The minimum Gasteiger partial charge on any atom is -0.457 e. The van der Waals surface area contributed by atoms with Crippen molar-refractivity contribution in [2.75, 3.05) is 0 Å². The van der Waals surface area contributed by atoms with E-state index in [0.29, 0.717) is 5.92 Å². The zero-order valence-corrected chi connectivity index (χ0v) is 13.4. The fourth-order valence-corrected chi connectivity index (χ4v) is 3.35. The molecule has 3 nitrogen and oxygen atoms in total. The SMILES string of the molecule is N[C@@H](c1ccc(Oc2ccccc2)cc1)[C@H](O)C1CCCCC1. The van der Waals surface area contributed by atoms with E-state index >= 15 is 0 Å². The van der Waals surface area contributed by atoms with Crippen molar-refractivity contribution in [2.45, 2.75) is 44.2 Å². The van der Waals surface area contributed by atoms with Crippen LogP contribution in [0.5, 0.6) is 11.5 Å². The molecule has 0 bridgehead atoms. The second-order valence-corrected chi connectivity index (χ2v) is 6.40. The van der Waals surface area contributed by atoms with Gasteiger partial charge < -0.3 is 15.6 Å². The van der Waals surface area contributed by atoms with Crippen molar-refractivity contribution in [1.82, 2.24) is 0 Å². The molecule has 0 aliphatic heterocycles. The van der Waals surface area contributed by atoms with Crippen LogP contribution >= 0.6 is 0 Å². The van der Waals surface area contributed by atoms with Gasteiger partial charge in [0.15, 0.2) is 0 Å². The molecule has 1 saturated carbocycles. The Hall–Kier alpha value is -1.84. The van der Waals surface area contributed by atoms with Gasteiger partial charge in [-0.3, -0.25) is 0 Å². The van der Waals surface area contributed by atoms with Crippen molar-refractivity contribution in [2.24, 2.45) is 11.7 Å².